The molecule has 0 fully saturated rings. The number of rotatable bonds is 10. The van der Waals surface area contributed by atoms with Crippen molar-refractivity contribution in [1.29, 1.82) is 0 Å². The fourth-order valence-electron chi connectivity index (χ4n) is 5.66. The molecule has 44 heavy (non-hydrogen) atoms. The number of para-hydroxylation sites is 2. The van der Waals surface area contributed by atoms with Gasteiger partial charge in [-0.2, -0.15) is 10.2 Å². The monoisotopic (exact) mass is 582 g/mol. The van der Waals surface area contributed by atoms with Crippen molar-refractivity contribution in [2.24, 2.45) is 0 Å². The molecule has 0 saturated heterocycles. The molecule has 7 aromatic rings. The standard InChI is InChI=1S/C34H30N8O2/c1-2-44-34-37-30-13-7-11-28(33(43)35-19-18-24-20-36-29-12-6-5-9-26(24)29)31(30)42(34)21-22-14-16-23(17-15-22)25-8-3-4-10-27(25)32-38-40-41-39-32/h3-17,20,36H,2,18-19,21H2,1H3,(H,35,43)(H,38,39,40,41). The lowest BCUT2D eigenvalue weighted by atomic mass is 9.98. The van der Waals surface area contributed by atoms with Gasteiger partial charge in [-0.25, -0.2) is 0 Å². The molecule has 3 N–H and O–H groups in total. The highest BCUT2D eigenvalue weighted by atomic mass is 16.5. The van der Waals surface area contributed by atoms with Crippen molar-refractivity contribution in [1.82, 2.24) is 40.5 Å². The third-order valence-electron chi connectivity index (χ3n) is 7.72. The molecule has 4 aromatic carbocycles. The van der Waals surface area contributed by atoms with Gasteiger partial charge < -0.3 is 15.0 Å². The van der Waals surface area contributed by atoms with E-state index in [9.17, 15) is 4.79 Å². The number of nitrogens with one attached hydrogen (secondary N) is 3. The number of aromatic amines is 2. The molecule has 0 aliphatic heterocycles. The normalized spacial score (nSPS) is 11.3. The largest absolute Gasteiger partial charge is 0.465 e. The highest BCUT2D eigenvalue weighted by molar-refractivity contribution is 6.05. The number of hydrogen-bond donors (Lipinski definition) is 3. The van der Waals surface area contributed by atoms with E-state index in [4.69, 9.17) is 9.72 Å². The van der Waals surface area contributed by atoms with Crippen LogP contribution in [-0.2, 0) is 13.0 Å². The number of imidazole rings is 1. The minimum Gasteiger partial charge on any atom is -0.465 e. The SMILES string of the molecule is CCOc1nc2cccc(C(=O)NCCc3c[nH]c4ccccc34)c2n1Cc1ccc(-c2ccccc2-c2nn[nH]n2)cc1. The Hall–Kier alpha value is -5.77. The first-order valence-corrected chi connectivity index (χ1v) is 14.6. The van der Waals surface area contributed by atoms with E-state index >= 15 is 0 Å². The smallest absolute Gasteiger partial charge is 0.297 e. The van der Waals surface area contributed by atoms with E-state index in [1.807, 2.05) is 72.3 Å². The highest BCUT2D eigenvalue weighted by Crippen LogP contribution is 2.31. The van der Waals surface area contributed by atoms with E-state index in [0.29, 0.717) is 42.6 Å². The van der Waals surface area contributed by atoms with Crippen molar-refractivity contribution < 1.29 is 9.53 Å². The van der Waals surface area contributed by atoms with E-state index in [1.54, 1.807) is 0 Å². The molecule has 1 amide bonds. The Morgan fingerprint density at radius 2 is 1.75 bits per heavy atom. The van der Waals surface area contributed by atoms with Gasteiger partial charge in [-0.3, -0.25) is 9.36 Å². The minimum absolute atomic E-state index is 0.145. The van der Waals surface area contributed by atoms with Gasteiger partial charge in [0.1, 0.15) is 0 Å². The van der Waals surface area contributed by atoms with Gasteiger partial charge >= 0.3 is 0 Å². The van der Waals surface area contributed by atoms with E-state index in [2.05, 4.69) is 67.3 Å². The molecule has 10 heteroatoms. The van der Waals surface area contributed by atoms with Crippen LogP contribution in [0.25, 0.3) is 44.5 Å². The molecule has 3 heterocycles. The van der Waals surface area contributed by atoms with Crippen LogP contribution in [0, 0.1) is 0 Å². The number of benzene rings is 4. The van der Waals surface area contributed by atoms with Gasteiger partial charge in [-0.15, -0.1) is 10.2 Å². The Bertz CT molecular complexity index is 2060. The summed E-state index contributed by atoms with van der Waals surface area (Å²) in [5.74, 6) is 0.399. The second-order valence-corrected chi connectivity index (χ2v) is 10.4. The van der Waals surface area contributed by atoms with Gasteiger partial charge in [0.15, 0.2) is 0 Å². The lowest BCUT2D eigenvalue weighted by Crippen LogP contribution is -2.26. The van der Waals surface area contributed by atoms with Crippen LogP contribution < -0.4 is 10.1 Å². The molecule has 0 bridgehead atoms. The number of carbonyl (C=O) groups is 1. The van der Waals surface area contributed by atoms with Crippen LogP contribution in [0.1, 0.15) is 28.4 Å². The Morgan fingerprint density at radius 3 is 2.57 bits per heavy atom. The second kappa shape index (κ2) is 11.8. The third-order valence-corrected chi connectivity index (χ3v) is 7.72. The van der Waals surface area contributed by atoms with Crippen molar-refractivity contribution in [3.63, 3.8) is 0 Å². The Balaban J connectivity index is 1.15. The summed E-state index contributed by atoms with van der Waals surface area (Å²) in [6, 6.07) is 30.6. The summed E-state index contributed by atoms with van der Waals surface area (Å²) in [6.07, 6.45) is 2.73. The quantitative estimate of drug-likeness (QED) is 0.188. The predicted octanol–water partition coefficient (Wildman–Crippen LogP) is 5.78. The van der Waals surface area contributed by atoms with Gasteiger partial charge in [0, 0.05) is 29.2 Å². The van der Waals surface area contributed by atoms with Crippen LogP contribution in [0.4, 0.5) is 0 Å². The Morgan fingerprint density at radius 1 is 0.932 bits per heavy atom. The first-order chi connectivity index (χ1) is 21.7. The topological polar surface area (TPSA) is 126 Å². The molecule has 0 atom stereocenters. The first kappa shape index (κ1) is 27.1. The average Bonchev–Trinajstić information content (AvgIpc) is 3.82. The van der Waals surface area contributed by atoms with Crippen molar-refractivity contribution in [2.75, 3.05) is 13.2 Å². The predicted molar refractivity (Wildman–Crippen MR) is 169 cm³/mol. The van der Waals surface area contributed by atoms with Crippen LogP contribution in [0.2, 0.25) is 0 Å². The molecule has 0 unspecified atom stereocenters. The molecular formula is C34H30N8O2. The molecule has 0 radical (unpaired) electrons. The molecule has 0 aliphatic carbocycles. The van der Waals surface area contributed by atoms with Gasteiger partial charge in [0.2, 0.25) is 5.82 Å². The van der Waals surface area contributed by atoms with E-state index in [1.165, 1.54) is 10.9 Å². The number of nitrogens with zero attached hydrogens (tertiary/aromatic N) is 5. The number of tetrazole rings is 1. The molecule has 10 nitrogen and oxygen atoms in total. The van der Waals surface area contributed by atoms with Crippen LogP contribution in [-0.4, -0.2) is 54.2 Å². The van der Waals surface area contributed by atoms with Gasteiger partial charge in [-0.1, -0.05) is 72.8 Å². The van der Waals surface area contributed by atoms with Crippen LogP contribution in [0.15, 0.2) is 97.2 Å². The molecule has 0 aliphatic rings. The summed E-state index contributed by atoms with van der Waals surface area (Å²) >= 11 is 0. The number of amides is 1. The Labute approximate surface area is 253 Å². The highest BCUT2D eigenvalue weighted by Gasteiger charge is 2.20. The van der Waals surface area contributed by atoms with Crippen LogP contribution in [0.3, 0.4) is 0 Å². The van der Waals surface area contributed by atoms with E-state index < -0.39 is 0 Å². The van der Waals surface area contributed by atoms with Gasteiger partial charge in [0.25, 0.3) is 11.9 Å². The number of fused-ring (bicyclic) bond motifs is 2. The third kappa shape index (κ3) is 5.17. The minimum atomic E-state index is -0.145. The Kier molecular flexibility index (Phi) is 7.29. The van der Waals surface area contributed by atoms with E-state index in [0.717, 1.165) is 39.7 Å². The van der Waals surface area contributed by atoms with Gasteiger partial charge in [0.05, 0.1) is 29.7 Å². The molecule has 0 saturated carbocycles. The number of carbonyl (C=O) groups excluding carboxylic acids is 1. The maximum atomic E-state index is 13.5. The maximum Gasteiger partial charge on any atom is 0.297 e. The van der Waals surface area contributed by atoms with Gasteiger partial charge in [-0.05, 0) is 59.0 Å². The fraction of sp³-hybridized carbons (Fsp3) is 0.147. The zero-order chi connectivity index (χ0) is 29.9. The number of H-pyrrole nitrogens is 2. The molecule has 7 rings (SSSR count). The second-order valence-electron chi connectivity index (χ2n) is 10.4. The van der Waals surface area contributed by atoms with Crippen LogP contribution >= 0.6 is 0 Å². The van der Waals surface area contributed by atoms with E-state index in [-0.39, 0.29) is 5.91 Å². The lowest BCUT2D eigenvalue weighted by molar-refractivity contribution is 0.0955. The lowest BCUT2D eigenvalue weighted by Gasteiger charge is -2.13. The summed E-state index contributed by atoms with van der Waals surface area (Å²) in [5.41, 5.74) is 8.26. The zero-order valence-corrected chi connectivity index (χ0v) is 24.1. The number of aromatic nitrogens is 7. The number of hydrogen-bond acceptors (Lipinski definition) is 6. The first-order valence-electron chi connectivity index (χ1n) is 14.6. The van der Waals surface area contributed by atoms with Crippen molar-refractivity contribution in [2.45, 2.75) is 19.9 Å². The molecule has 218 valence electrons. The van der Waals surface area contributed by atoms with Crippen molar-refractivity contribution in [3.8, 4) is 28.5 Å². The molecular weight excluding hydrogens is 552 g/mol. The van der Waals surface area contributed by atoms with Crippen LogP contribution in [0.5, 0.6) is 6.01 Å². The molecule has 3 aromatic heterocycles. The molecule has 0 spiro atoms. The summed E-state index contributed by atoms with van der Waals surface area (Å²) in [5, 5.41) is 18.8. The summed E-state index contributed by atoms with van der Waals surface area (Å²) < 4.78 is 7.93. The summed E-state index contributed by atoms with van der Waals surface area (Å²) in [6.45, 7) is 3.38. The fourth-order valence-corrected chi connectivity index (χ4v) is 5.66. The average molecular weight is 583 g/mol. The van der Waals surface area contributed by atoms with Crippen molar-refractivity contribution >= 4 is 27.8 Å². The number of ether oxygens (including phenoxy) is 1. The summed E-state index contributed by atoms with van der Waals surface area (Å²) in [7, 11) is 0. The zero-order valence-electron chi connectivity index (χ0n) is 24.1. The maximum absolute atomic E-state index is 13.5. The summed E-state index contributed by atoms with van der Waals surface area (Å²) in [4.78, 5) is 21.6. The van der Waals surface area contributed by atoms with Crippen molar-refractivity contribution in [3.05, 3.63) is 114 Å².